The van der Waals surface area contributed by atoms with E-state index in [2.05, 4.69) is 34.9 Å². The van der Waals surface area contributed by atoms with Crippen molar-refractivity contribution < 1.29 is 19.4 Å². The highest BCUT2D eigenvalue weighted by Crippen LogP contribution is 2.49. The van der Waals surface area contributed by atoms with Crippen molar-refractivity contribution in [3.05, 3.63) is 59.3 Å². The molecule has 2 aliphatic carbocycles. The fourth-order valence-electron chi connectivity index (χ4n) is 5.60. The van der Waals surface area contributed by atoms with Gasteiger partial charge in [-0.05, 0) is 87.3 Å². The van der Waals surface area contributed by atoms with Crippen molar-refractivity contribution in [3.63, 3.8) is 0 Å². The number of anilines is 1. The molecule has 5 rings (SSSR count). The zero-order chi connectivity index (χ0) is 25.7. The Kier molecular flexibility index (Phi) is 8.08. The molecule has 1 amide bonds. The number of carbonyl (C=O) groups excluding carboxylic acids is 1. The molecule has 2 heterocycles. The summed E-state index contributed by atoms with van der Waals surface area (Å²) in [5.74, 6) is 0.576. The number of aryl methyl sites for hydroxylation is 3. The van der Waals surface area contributed by atoms with Crippen molar-refractivity contribution in [2.24, 2.45) is 11.3 Å². The molecule has 0 bridgehead atoms. The minimum Gasteiger partial charge on any atom is -0.480 e. The number of nitrogens with one attached hydrogen (secondary N) is 2. The van der Waals surface area contributed by atoms with Crippen molar-refractivity contribution in [2.45, 2.75) is 82.8 Å². The van der Waals surface area contributed by atoms with Gasteiger partial charge in [-0.2, -0.15) is 0 Å². The maximum absolute atomic E-state index is 12.9. The van der Waals surface area contributed by atoms with E-state index in [1.165, 1.54) is 17.5 Å². The number of benzene rings is 1. The van der Waals surface area contributed by atoms with E-state index in [1.807, 2.05) is 18.2 Å². The summed E-state index contributed by atoms with van der Waals surface area (Å²) < 4.78 is 5.96. The Morgan fingerprint density at radius 1 is 1.14 bits per heavy atom. The molecule has 3 aliphatic rings. The van der Waals surface area contributed by atoms with Gasteiger partial charge in [-0.15, -0.1) is 0 Å². The summed E-state index contributed by atoms with van der Waals surface area (Å²) in [4.78, 5) is 29.5. The Bertz CT molecular complexity index is 1080. The highest BCUT2D eigenvalue weighted by molar-refractivity contribution is 5.89. The average molecular weight is 506 g/mol. The number of fused-ring (bicyclic) bond motifs is 1. The SMILES string of the molecule is O=C(O)C(CCOC1CC(CCc2ccc3c(n2)NCCC3)C1)NC(=O)C1(CCc2ccccc2)CC1. The Balaban J connectivity index is 0.990. The number of amides is 1. The number of carbonyl (C=O) groups is 2. The van der Waals surface area contributed by atoms with Crippen LogP contribution in [0.4, 0.5) is 5.82 Å². The fourth-order valence-corrected chi connectivity index (χ4v) is 5.60. The molecule has 1 aromatic heterocycles. The molecule has 2 saturated carbocycles. The first-order chi connectivity index (χ1) is 18.0. The topological polar surface area (TPSA) is 101 Å². The van der Waals surface area contributed by atoms with Crippen LogP contribution in [0.3, 0.4) is 0 Å². The van der Waals surface area contributed by atoms with Crippen LogP contribution in [0, 0.1) is 11.3 Å². The third-order valence-corrected chi connectivity index (χ3v) is 8.39. The number of carboxylic acid groups (broad SMARTS) is 1. The van der Waals surface area contributed by atoms with Gasteiger partial charge in [0.1, 0.15) is 11.9 Å². The molecule has 7 heteroatoms. The number of hydrogen-bond acceptors (Lipinski definition) is 5. The monoisotopic (exact) mass is 505 g/mol. The van der Waals surface area contributed by atoms with E-state index in [-0.39, 0.29) is 12.0 Å². The number of aromatic nitrogens is 1. The number of pyridine rings is 1. The molecule has 37 heavy (non-hydrogen) atoms. The molecule has 0 saturated heterocycles. The number of hydrogen-bond donors (Lipinski definition) is 3. The zero-order valence-electron chi connectivity index (χ0n) is 21.6. The van der Waals surface area contributed by atoms with Gasteiger partial charge in [0.2, 0.25) is 5.91 Å². The van der Waals surface area contributed by atoms with Crippen molar-refractivity contribution in [2.75, 3.05) is 18.5 Å². The first kappa shape index (κ1) is 25.7. The standard InChI is InChI=1S/C30H39N3O4/c34-28(35)26(33-29(36)30(15-16-30)14-12-21-5-2-1-3-6-21)13-18-37-25-19-22(20-25)8-10-24-11-9-23-7-4-17-31-27(23)32-24/h1-3,5-6,9,11,22,25-26H,4,7-8,10,12-20H2,(H,31,32)(H,33,36)(H,34,35). The molecule has 1 unspecified atom stereocenters. The van der Waals surface area contributed by atoms with Gasteiger partial charge in [-0.25, -0.2) is 9.78 Å². The average Bonchev–Trinajstić information content (AvgIpc) is 3.69. The number of aliphatic carboxylic acids is 1. The lowest BCUT2D eigenvalue weighted by Gasteiger charge is -2.35. The maximum Gasteiger partial charge on any atom is 0.326 e. The third-order valence-electron chi connectivity index (χ3n) is 8.39. The first-order valence-electron chi connectivity index (χ1n) is 13.9. The van der Waals surface area contributed by atoms with Gasteiger partial charge in [-0.1, -0.05) is 36.4 Å². The van der Waals surface area contributed by atoms with E-state index in [1.54, 1.807) is 0 Å². The smallest absolute Gasteiger partial charge is 0.326 e. The van der Waals surface area contributed by atoms with Crippen LogP contribution in [-0.4, -0.2) is 47.3 Å². The minimum absolute atomic E-state index is 0.120. The molecule has 198 valence electrons. The lowest BCUT2D eigenvalue weighted by Crippen LogP contribution is -2.45. The highest BCUT2D eigenvalue weighted by Gasteiger charge is 2.49. The Labute approximate surface area is 219 Å². The molecule has 2 fully saturated rings. The predicted octanol–water partition coefficient (Wildman–Crippen LogP) is 4.54. The number of rotatable bonds is 13. The van der Waals surface area contributed by atoms with E-state index in [0.717, 1.165) is 75.8 Å². The van der Waals surface area contributed by atoms with Crippen molar-refractivity contribution in [1.29, 1.82) is 0 Å². The summed E-state index contributed by atoms with van der Waals surface area (Å²) in [6.45, 7) is 1.36. The summed E-state index contributed by atoms with van der Waals surface area (Å²) in [5, 5.41) is 15.9. The minimum atomic E-state index is -0.991. The quantitative estimate of drug-likeness (QED) is 0.370. The highest BCUT2D eigenvalue weighted by atomic mass is 16.5. The second kappa shape index (κ2) is 11.6. The van der Waals surface area contributed by atoms with Crippen LogP contribution < -0.4 is 10.6 Å². The van der Waals surface area contributed by atoms with Gasteiger partial charge >= 0.3 is 5.97 Å². The molecule has 1 aliphatic heterocycles. The lowest BCUT2D eigenvalue weighted by molar-refractivity contribution is -0.143. The number of ether oxygens (including phenoxy) is 1. The Morgan fingerprint density at radius 2 is 1.95 bits per heavy atom. The summed E-state index contributed by atoms with van der Waals surface area (Å²) in [6, 6.07) is 13.6. The molecular weight excluding hydrogens is 466 g/mol. The molecule has 1 aromatic carbocycles. The second-order valence-electron chi connectivity index (χ2n) is 11.1. The Hall–Kier alpha value is -2.93. The molecule has 7 nitrogen and oxygen atoms in total. The van der Waals surface area contributed by atoms with Crippen LogP contribution in [0.1, 0.15) is 68.2 Å². The van der Waals surface area contributed by atoms with Crippen LogP contribution in [0.15, 0.2) is 42.5 Å². The lowest BCUT2D eigenvalue weighted by atomic mass is 9.79. The van der Waals surface area contributed by atoms with Crippen LogP contribution in [-0.2, 0) is 33.6 Å². The fraction of sp³-hybridized carbons (Fsp3) is 0.567. The van der Waals surface area contributed by atoms with Crippen molar-refractivity contribution in [1.82, 2.24) is 10.3 Å². The van der Waals surface area contributed by atoms with Crippen molar-refractivity contribution in [3.8, 4) is 0 Å². The summed E-state index contributed by atoms with van der Waals surface area (Å²) in [5.41, 5.74) is 3.27. The van der Waals surface area contributed by atoms with Gasteiger partial charge in [0.15, 0.2) is 0 Å². The predicted molar refractivity (Wildman–Crippen MR) is 142 cm³/mol. The molecular formula is C30H39N3O4. The third kappa shape index (κ3) is 6.69. The van der Waals surface area contributed by atoms with Gasteiger partial charge in [0.25, 0.3) is 0 Å². The molecule has 1 atom stereocenters. The first-order valence-corrected chi connectivity index (χ1v) is 13.9. The Morgan fingerprint density at radius 3 is 2.70 bits per heavy atom. The van der Waals surface area contributed by atoms with Crippen LogP contribution in [0.2, 0.25) is 0 Å². The molecule has 0 spiro atoms. The normalized spacial score (nSPS) is 22.2. The molecule has 0 radical (unpaired) electrons. The maximum atomic E-state index is 12.9. The van der Waals surface area contributed by atoms with Gasteiger partial charge in [0, 0.05) is 30.7 Å². The molecule has 3 N–H and O–H groups in total. The zero-order valence-corrected chi connectivity index (χ0v) is 21.6. The van der Waals surface area contributed by atoms with E-state index in [0.29, 0.717) is 18.9 Å². The van der Waals surface area contributed by atoms with Gasteiger partial charge in [0.05, 0.1) is 6.10 Å². The van der Waals surface area contributed by atoms with E-state index in [9.17, 15) is 14.7 Å². The summed E-state index contributed by atoms with van der Waals surface area (Å²) >= 11 is 0. The van der Waals surface area contributed by atoms with Crippen LogP contribution in [0.5, 0.6) is 0 Å². The van der Waals surface area contributed by atoms with E-state index in [4.69, 9.17) is 9.72 Å². The summed E-state index contributed by atoms with van der Waals surface area (Å²) in [7, 11) is 0. The van der Waals surface area contributed by atoms with Crippen molar-refractivity contribution >= 4 is 17.7 Å². The van der Waals surface area contributed by atoms with Gasteiger partial charge < -0.3 is 20.5 Å². The van der Waals surface area contributed by atoms with E-state index >= 15 is 0 Å². The summed E-state index contributed by atoms with van der Waals surface area (Å²) in [6.07, 6.45) is 10.1. The van der Waals surface area contributed by atoms with Gasteiger partial charge in [-0.3, -0.25) is 4.79 Å². The van der Waals surface area contributed by atoms with Crippen LogP contribution in [0.25, 0.3) is 0 Å². The largest absolute Gasteiger partial charge is 0.480 e. The number of nitrogens with zero attached hydrogens (tertiary/aromatic N) is 1. The van der Waals surface area contributed by atoms with Crippen LogP contribution >= 0.6 is 0 Å². The number of carboxylic acids is 1. The van der Waals surface area contributed by atoms with E-state index < -0.39 is 17.4 Å². The molecule has 2 aromatic rings. The second-order valence-corrected chi connectivity index (χ2v) is 11.1.